The maximum Gasteiger partial charge on any atom is 0.330 e. The van der Waals surface area contributed by atoms with Gasteiger partial charge in [-0.25, -0.2) is 9.78 Å². The Morgan fingerprint density at radius 3 is 2.56 bits per heavy atom. The van der Waals surface area contributed by atoms with Gasteiger partial charge in [0.05, 0.1) is 5.92 Å². The first-order valence-corrected chi connectivity index (χ1v) is 11.7. The largest absolute Gasteiger partial charge is 0.457 e. The predicted octanol–water partition coefficient (Wildman–Crippen LogP) is 2.19. The summed E-state index contributed by atoms with van der Waals surface area (Å²) >= 11 is 0. The van der Waals surface area contributed by atoms with E-state index in [1.165, 1.54) is 4.57 Å². The molecule has 0 bridgehead atoms. The van der Waals surface area contributed by atoms with Crippen LogP contribution >= 0.6 is 0 Å². The topological polar surface area (TPSA) is 119 Å². The van der Waals surface area contributed by atoms with Crippen LogP contribution in [0.15, 0.2) is 39.9 Å². The monoisotopic (exact) mass is 467 g/mol. The molecule has 1 aromatic carbocycles. The standard InChI is InChI=1S/C24H29N5O5/c1-3-5-12-28-21-20(22(31)26-24(28)33)27(11-4-2)18(25-21)15-34-23(32)16-13-19(30)29(14-16)17-9-7-6-8-10-17/h6-10,16H,3-5,11-15H2,1-2H3,(H,26,31,33). The highest BCUT2D eigenvalue weighted by atomic mass is 16.5. The lowest BCUT2D eigenvalue weighted by Gasteiger charge is -2.16. The number of benzene rings is 1. The second-order valence-corrected chi connectivity index (χ2v) is 8.47. The molecular weight excluding hydrogens is 438 g/mol. The summed E-state index contributed by atoms with van der Waals surface area (Å²) in [6, 6.07) is 9.20. The number of amides is 1. The molecule has 34 heavy (non-hydrogen) atoms. The summed E-state index contributed by atoms with van der Waals surface area (Å²) in [6.45, 7) is 5.01. The zero-order valence-electron chi connectivity index (χ0n) is 19.5. The predicted molar refractivity (Wildman–Crippen MR) is 127 cm³/mol. The molecule has 1 N–H and O–H groups in total. The van der Waals surface area contributed by atoms with Gasteiger partial charge in [-0.15, -0.1) is 0 Å². The number of carbonyl (C=O) groups is 2. The van der Waals surface area contributed by atoms with Crippen LogP contribution in [0.5, 0.6) is 0 Å². The second-order valence-electron chi connectivity index (χ2n) is 8.47. The molecule has 1 saturated heterocycles. The van der Waals surface area contributed by atoms with Gasteiger partial charge in [-0.3, -0.25) is 23.9 Å². The first-order chi connectivity index (χ1) is 16.4. The number of imidazole rings is 1. The molecule has 0 spiro atoms. The number of hydrogen-bond acceptors (Lipinski definition) is 6. The van der Waals surface area contributed by atoms with Gasteiger partial charge in [0.1, 0.15) is 12.4 Å². The van der Waals surface area contributed by atoms with Crippen molar-refractivity contribution in [2.45, 2.75) is 59.2 Å². The molecule has 0 aliphatic carbocycles. The molecule has 1 atom stereocenters. The van der Waals surface area contributed by atoms with Gasteiger partial charge in [-0.05, 0) is 25.0 Å². The average Bonchev–Trinajstić information content (AvgIpc) is 3.39. The lowest BCUT2D eigenvalue weighted by molar-refractivity contribution is -0.150. The lowest BCUT2D eigenvalue weighted by atomic mass is 10.1. The Morgan fingerprint density at radius 1 is 1.09 bits per heavy atom. The normalized spacial score (nSPS) is 15.9. The summed E-state index contributed by atoms with van der Waals surface area (Å²) in [5, 5.41) is 0. The number of anilines is 1. The quantitative estimate of drug-likeness (QED) is 0.482. The van der Waals surface area contributed by atoms with Crippen LogP contribution in [0.4, 0.5) is 5.69 Å². The number of para-hydroxylation sites is 1. The van der Waals surface area contributed by atoms with Gasteiger partial charge in [0.25, 0.3) is 5.56 Å². The van der Waals surface area contributed by atoms with Crippen LogP contribution in [0.25, 0.3) is 11.2 Å². The number of unbranched alkanes of at least 4 members (excludes halogenated alkanes) is 1. The van der Waals surface area contributed by atoms with E-state index >= 15 is 0 Å². The van der Waals surface area contributed by atoms with Gasteiger partial charge in [-0.2, -0.15) is 0 Å². The van der Waals surface area contributed by atoms with E-state index in [9.17, 15) is 19.2 Å². The number of hydrogen-bond donors (Lipinski definition) is 1. The molecule has 4 rings (SSSR count). The van der Waals surface area contributed by atoms with Crippen molar-refractivity contribution < 1.29 is 14.3 Å². The van der Waals surface area contributed by atoms with E-state index in [1.54, 1.807) is 9.47 Å². The molecule has 180 valence electrons. The maximum absolute atomic E-state index is 12.8. The van der Waals surface area contributed by atoms with E-state index in [4.69, 9.17) is 4.74 Å². The molecule has 3 heterocycles. The van der Waals surface area contributed by atoms with E-state index in [1.807, 2.05) is 44.2 Å². The number of H-pyrrole nitrogens is 1. The van der Waals surface area contributed by atoms with Crippen LogP contribution < -0.4 is 16.1 Å². The van der Waals surface area contributed by atoms with E-state index in [-0.39, 0.29) is 25.5 Å². The van der Waals surface area contributed by atoms with Crippen LogP contribution in [0.3, 0.4) is 0 Å². The number of ether oxygens (including phenoxy) is 1. The van der Waals surface area contributed by atoms with Crippen LogP contribution in [0.1, 0.15) is 45.4 Å². The van der Waals surface area contributed by atoms with Crippen LogP contribution in [0, 0.1) is 5.92 Å². The average molecular weight is 468 g/mol. The number of nitrogens with one attached hydrogen (secondary N) is 1. The molecule has 1 unspecified atom stereocenters. The third kappa shape index (κ3) is 4.52. The Bertz CT molecular complexity index is 1310. The summed E-state index contributed by atoms with van der Waals surface area (Å²) in [5.74, 6) is -0.796. The maximum atomic E-state index is 12.8. The highest BCUT2D eigenvalue weighted by Crippen LogP contribution is 2.26. The van der Waals surface area contributed by atoms with Crippen LogP contribution in [0.2, 0.25) is 0 Å². The van der Waals surface area contributed by atoms with Crippen molar-refractivity contribution in [3.63, 3.8) is 0 Å². The first-order valence-electron chi connectivity index (χ1n) is 11.7. The number of aromatic nitrogens is 4. The lowest BCUT2D eigenvalue weighted by Crippen LogP contribution is -2.31. The minimum atomic E-state index is -0.581. The zero-order chi connectivity index (χ0) is 24.2. The number of fused-ring (bicyclic) bond motifs is 1. The van der Waals surface area contributed by atoms with Crippen molar-refractivity contribution in [2.24, 2.45) is 5.92 Å². The summed E-state index contributed by atoms with van der Waals surface area (Å²) in [4.78, 5) is 58.7. The Kier molecular flexibility index (Phi) is 6.95. The van der Waals surface area contributed by atoms with Gasteiger partial charge >= 0.3 is 11.7 Å². The fraction of sp³-hybridized carbons (Fsp3) is 0.458. The van der Waals surface area contributed by atoms with Crippen molar-refractivity contribution in [2.75, 3.05) is 11.4 Å². The van der Waals surface area contributed by atoms with Gasteiger partial charge in [0, 0.05) is 31.7 Å². The second kappa shape index (κ2) is 10.1. The zero-order valence-corrected chi connectivity index (χ0v) is 19.5. The minimum Gasteiger partial charge on any atom is -0.457 e. The number of rotatable bonds is 9. The Labute approximate surface area is 196 Å². The number of aryl methyl sites for hydroxylation is 2. The number of aromatic amines is 1. The number of nitrogens with zero attached hydrogens (tertiary/aromatic N) is 4. The van der Waals surface area contributed by atoms with E-state index in [0.717, 1.165) is 24.9 Å². The third-order valence-corrected chi connectivity index (χ3v) is 6.02. The molecule has 0 radical (unpaired) electrons. The van der Waals surface area contributed by atoms with E-state index < -0.39 is 23.1 Å². The van der Waals surface area contributed by atoms with Crippen molar-refractivity contribution >= 4 is 28.7 Å². The highest BCUT2D eigenvalue weighted by molar-refractivity contribution is 5.99. The molecule has 1 aliphatic heterocycles. The number of carbonyl (C=O) groups excluding carboxylic acids is 2. The Balaban J connectivity index is 1.56. The fourth-order valence-electron chi connectivity index (χ4n) is 4.29. The SMILES string of the molecule is CCCCn1c(=O)[nH]c(=O)c2c1nc(COC(=O)C1CC(=O)N(c3ccccc3)C1)n2CCC. The van der Waals surface area contributed by atoms with Crippen molar-refractivity contribution in [1.82, 2.24) is 19.1 Å². The summed E-state index contributed by atoms with van der Waals surface area (Å²) in [6.07, 6.45) is 2.45. The summed E-state index contributed by atoms with van der Waals surface area (Å²) < 4.78 is 8.72. The fourth-order valence-corrected chi connectivity index (χ4v) is 4.29. The molecule has 1 fully saturated rings. The van der Waals surface area contributed by atoms with E-state index in [0.29, 0.717) is 30.1 Å². The van der Waals surface area contributed by atoms with Gasteiger partial charge < -0.3 is 14.2 Å². The van der Waals surface area contributed by atoms with Crippen molar-refractivity contribution in [3.8, 4) is 0 Å². The van der Waals surface area contributed by atoms with Crippen LogP contribution in [-0.2, 0) is 34.0 Å². The smallest absolute Gasteiger partial charge is 0.330 e. The van der Waals surface area contributed by atoms with Crippen LogP contribution in [-0.4, -0.2) is 37.5 Å². The summed E-state index contributed by atoms with van der Waals surface area (Å²) in [5.41, 5.74) is 0.340. The van der Waals surface area contributed by atoms with Crippen molar-refractivity contribution in [3.05, 3.63) is 57.0 Å². The van der Waals surface area contributed by atoms with E-state index in [2.05, 4.69) is 9.97 Å². The molecule has 3 aromatic rings. The molecule has 2 aromatic heterocycles. The Hall–Kier alpha value is -3.69. The minimum absolute atomic E-state index is 0.0787. The highest BCUT2D eigenvalue weighted by Gasteiger charge is 2.36. The molecule has 1 aliphatic rings. The third-order valence-electron chi connectivity index (χ3n) is 6.02. The van der Waals surface area contributed by atoms with Crippen molar-refractivity contribution in [1.29, 1.82) is 0 Å². The first kappa shape index (κ1) is 23.5. The molecule has 10 nitrogen and oxygen atoms in total. The van der Waals surface area contributed by atoms with Gasteiger partial charge in [-0.1, -0.05) is 38.5 Å². The summed E-state index contributed by atoms with van der Waals surface area (Å²) in [7, 11) is 0. The Morgan fingerprint density at radius 2 is 1.85 bits per heavy atom. The molecule has 10 heteroatoms. The molecule has 1 amide bonds. The molecular formula is C24H29N5O5. The van der Waals surface area contributed by atoms with Gasteiger partial charge in [0.15, 0.2) is 11.2 Å². The van der Waals surface area contributed by atoms with Gasteiger partial charge in [0.2, 0.25) is 5.91 Å². The molecule has 0 saturated carbocycles. The number of esters is 1.